The quantitative estimate of drug-likeness (QED) is 0.318. The van der Waals surface area contributed by atoms with E-state index in [1.54, 1.807) is 13.2 Å². The third-order valence-electron chi connectivity index (χ3n) is 6.38. The Morgan fingerprint density at radius 3 is 2.17 bits per heavy atom. The van der Waals surface area contributed by atoms with Gasteiger partial charge in [-0.1, -0.05) is 60.7 Å². The maximum Gasteiger partial charge on any atom is 0.336 e. The molecule has 0 radical (unpaired) electrons. The van der Waals surface area contributed by atoms with Crippen LogP contribution in [0.25, 0.3) is 5.70 Å². The van der Waals surface area contributed by atoms with Crippen molar-refractivity contribution in [2.75, 3.05) is 26.2 Å². The molecule has 1 aliphatic rings. The Bertz CT molecular complexity index is 1280. The summed E-state index contributed by atoms with van der Waals surface area (Å²) in [6.07, 6.45) is 2.35. The molecule has 36 heavy (non-hydrogen) atoms. The largest absolute Gasteiger partial charge is 0.497 e. The number of para-hydroxylation sites is 1. The van der Waals surface area contributed by atoms with Crippen molar-refractivity contribution >= 4 is 23.3 Å². The molecular weight excluding hydrogens is 454 g/mol. The highest BCUT2D eigenvalue weighted by atomic mass is 16.5. The molecule has 4 rings (SSSR count). The average Bonchev–Trinajstić information content (AvgIpc) is 3.29. The average molecular weight is 484 g/mol. The summed E-state index contributed by atoms with van der Waals surface area (Å²) in [5.74, 6) is -1.34. The molecule has 6 nitrogen and oxygen atoms in total. The summed E-state index contributed by atoms with van der Waals surface area (Å²) in [6, 6.07) is 24.4. The normalized spacial score (nSPS) is 17.0. The molecule has 0 bridgehead atoms. The minimum absolute atomic E-state index is 0.254. The number of esters is 2. The van der Waals surface area contributed by atoms with Crippen LogP contribution in [0.4, 0.5) is 5.69 Å². The summed E-state index contributed by atoms with van der Waals surface area (Å²) in [5, 5.41) is 0. The minimum atomic E-state index is -0.935. The predicted octanol–water partition coefficient (Wildman–Crippen LogP) is 5.36. The second kappa shape index (κ2) is 11.0. The maximum atomic E-state index is 13.4. The van der Waals surface area contributed by atoms with E-state index in [1.807, 2.05) is 83.8 Å². The Hall–Kier alpha value is -4.32. The number of allylic oxidation sites excluding steroid dienone is 1. The Morgan fingerprint density at radius 2 is 1.58 bits per heavy atom. The number of anilines is 1. The van der Waals surface area contributed by atoms with Crippen molar-refractivity contribution < 1.29 is 23.8 Å². The molecule has 0 saturated carbocycles. The molecule has 2 atom stereocenters. The summed E-state index contributed by atoms with van der Waals surface area (Å²) in [7, 11) is 4.27. The second-order valence-electron chi connectivity index (χ2n) is 8.33. The van der Waals surface area contributed by atoms with Crippen LogP contribution in [-0.2, 0) is 25.5 Å². The van der Waals surface area contributed by atoms with E-state index in [0.29, 0.717) is 17.9 Å². The zero-order valence-electron chi connectivity index (χ0n) is 20.6. The zero-order valence-corrected chi connectivity index (χ0v) is 20.6. The molecule has 0 fully saturated rings. The van der Waals surface area contributed by atoms with Gasteiger partial charge in [0.05, 0.1) is 38.6 Å². The van der Waals surface area contributed by atoms with Gasteiger partial charge in [0.25, 0.3) is 0 Å². The van der Waals surface area contributed by atoms with Gasteiger partial charge in [0.2, 0.25) is 0 Å². The Balaban J connectivity index is 2.08. The van der Waals surface area contributed by atoms with Crippen LogP contribution in [0.2, 0.25) is 0 Å². The highest BCUT2D eigenvalue weighted by Crippen LogP contribution is 2.51. The molecule has 0 N–H and O–H groups in total. The Kier molecular flexibility index (Phi) is 7.54. The lowest BCUT2D eigenvalue weighted by Gasteiger charge is -2.33. The molecule has 0 aromatic heterocycles. The summed E-state index contributed by atoms with van der Waals surface area (Å²) < 4.78 is 16.0. The van der Waals surface area contributed by atoms with Gasteiger partial charge in [-0.2, -0.15) is 0 Å². The van der Waals surface area contributed by atoms with Gasteiger partial charge in [0.1, 0.15) is 11.7 Å². The summed E-state index contributed by atoms with van der Waals surface area (Å²) >= 11 is 0. The lowest BCUT2D eigenvalue weighted by Crippen LogP contribution is -2.32. The number of carbonyl (C=O) groups excluding carboxylic acids is 2. The number of nitrogens with zero attached hydrogens (tertiary/aromatic N) is 1. The van der Waals surface area contributed by atoms with E-state index in [0.717, 1.165) is 22.4 Å². The molecule has 0 aliphatic carbocycles. The van der Waals surface area contributed by atoms with Crippen LogP contribution in [0.3, 0.4) is 0 Å². The van der Waals surface area contributed by atoms with Gasteiger partial charge < -0.3 is 19.1 Å². The predicted molar refractivity (Wildman–Crippen MR) is 139 cm³/mol. The molecule has 184 valence electrons. The van der Waals surface area contributed by atoms with Crippen molar-refractivity contribution in [1.29, 1.82) is 0 Å². The molecule has 1 aliphatic heterocycles. The first-order chi connectivity index (χ1) is 17.5. The monoisotopic (exact) mass is 483 g/mol. The SMILES string of the molecule is C=CCc1cc(OC)ccc1[C@H]1[C@@H](C(=O)OC)C(C(=O)OC)=C(c2ccccc2)N1c1ccccc1. The van der Waals surface area contributed by atoms with E-state index in [2.05, 4.69) is 6.58 Å². The van der Waals surface area contributed by atoms with E-state index in [1.165, 1.54) is 14.2 Å². The van der Waals surface area contributed by atoms with Gasteiger partial charge in [0.15, 0.2) is 0 Å². The third kappa shape index (κ3) is 4.50. The number of hydrogen-bond acceptors (Lipinski definition) is 6. The van der Waals surface area contributed by atoms with E-state index >= 15 is 0 Å². The maximum absolute atomic E-state index is 13.4. The van der Waals surface area contributed by atoms with Crippen LogP contribution < -0.4 is 9.64 Å². The number of ether oxygens (including phenoxy) is 3. The fourth-order valence-corrected chi connectivity index (χ4v) is 4.85. The standard InChI is InChI=1S/C30H29NO5/c1-5-12-21-19-23(34-2)17-18-24(21)28-26(30(33)36-4)25(29(32)35-3)27(20-13-8-6-9-14-20)31(28)22-15-10-7-11-16-22/h5-11,13-19,26,28H,1,12H2,2-4H3/t26-,28-/m0/s1. The molecule has 6 heteroatoms. The van der Waals surface area contributed by atoms with E-state index in [4.69, 9.17) is 14.2 Å². The Morgan fingerprint density at radius 1 is 0.917 bits per heavy atom. The first-order valence-corrected chi connectivity index (χ1v) is 11.6. The third-order valence-corrected chi connectivity index (χ3v) is 6.38. The van der Waals surface area contributed by atoms with Gasteiger partial charge >= 0.3 is 11.9 Å². The molecule has 0 unspecified atom stereocenters. The van der Waals surface area contributed by atoms with Crippen molar-refractivity contribution in [1.82, 2.24) is 0 Å². The molecule has 1 heterocycles. The van der Waals surface area contributed by atoms with Crippen molar-refractivity contribution in [3.05, 3.63) is 114 Å². The van der Waals surface area contributed by atoms with Crippen LogP contribution in [-0.4, -0.2) is 33.3 Å². The van der Waals surface area contributed by atoms with E-state index < -0.39 is 23.9 Å². The molecule has 3 aromatic rings. The number of methoxy groups -OCH3 is 3. The molecule has 0 amide bonds. The molecule has 3 aromatic carbocycles. The van der Waals surface area contributed by atoms with Gasteiger partial charge in [-0.15, -0.1) is 6.58 Å². The highest BCUT2D eigenvalue weighted by Gasteiger charge is 2.50. The van der Waals surface area contributed by atoms with Crippen LogP contribution in [0, 0.1) is 5.92 Å². The molecule has 0 spiro atoms. The van der Waals surface area contributed by atoms with Crippen molar-refractivity contribution in [2.45, 2.75) is 12.5 Å². The summed E-state index contributed by atoms with van der Waals surface area (Å²) in [6.45, 7) is 3.92. The first-order valence-electron chi connectivity index (χ1n) is 11.6. The highest BCUT2D eigenvalue weighted by molar-refractivity contribution is 6.08. The van der Waals surface area contributed by atoms with E-state index in [9.17, 15) is 9.59 Å². The lowest BCUT2D eigenvalue weighted by atomic mass is 9.85. The fraction of sp³-hybridized carbons (Fsp3) is 0.200. The van der Waals surface area contributed by atoms with Crippen molar-refractivity contribution in [3.63, 3.8) is 0 Å². The van der Waals surface area contributed by atoms with Crippen LogP contribution in [0.15, 0.2) is 97.1 Å². The summed E-state index contributed by atoms with van der Waals surface area (Å²) in [4.78, 5) is 28.8. The van der Waals surface area contributed by atoms with Gasteiger partial charge in [-0.05, 0) is 47.4 Å². The zero-order chi connectivity index (χ0) is 25.7. The second-order valence-corrected chi connectivity index (χ2v) is 8.33. The van der Waals surface area contributed by atoms with Crippen LogP contribution >= 0.6 is 0 Å². The van der Waals surface area contributed by atoms with Crippen LogP contribution in [0.1, 0.15) is 22.7 Å². The van der Waals surface area contributed by atoms with Gasteiger partial charge in [-0.25, -0.2) is 4.79 Å². The lowest BCUT2D eigenvalue weighted by molar-refractivity contribution is -0.147. The first kappa shape index (κ1) is 24.8. The number of rotatable bonds is 8. The number of benzene rings is 3. The smallest absolute Gasteiger partial charge is 0.336 e. The van der Waals surface area contributed by atoms with Crippen molar-refractivity contribution in [2.24, 2.45) is 5.92 Å². The molecule has 0 saturated heterocycles. The molecular formula is C30H29NO5. The van der Waals surface area contributed by atoms with Crippen molar-refractivity contribution in [3.8, 4) is 5.75 Å². The Labute approximate surface area is 211 Å². The number of carbonyl (C=O) groups is 2. The van der Waals surface area contributed by atoms with E-state index in [-0.39, 0.29) is 5.57 Å². The fourth-order valence-electron chi connectivity index (χ4n) is 4.85. The minimum Gasteiger partial charge on any atom is -0.497 e. The topological polar surface area (TPSA) is 65.1 Å². The summed E-state index contributed by atoms with van der Waals surface area (Å²) in [5.41, 5.74) is 4.27. The van der Waals surface area contributed by atoms with Gasteiger partial charge in [0, 0.05) is 5.69 Å². The van der Waals surface area contributed by atoms with Gasteiger partial charge in [-0.3, -0.25) is 4.79 Å². The van der Waals surface area contributed by atoms with Crippen LogP contribution in [0.5, 0.6) is 5.75 Å². The number of hydrogen-bond donors (Lipinski definition) is 0.